The molecule has 1 aliphatic rings. The molecule has 0 spiro atoms. The summed E-state index contributed by atoms with van der Waals surface area (Å²) in [4.78, 5) is 0.892. The number of hydrogen-bond donors (Lipinski definition) is 0. The minimum absolute atomic E-state index is 0.120. The molecule has 0 radical (unpaired) electrons. The molecule has 1 fully saturated rings. The summed E-state index contributed by atoms with van der Waals surface area (Å²) >= 11 is 7.02. The summed E-state index contributed by atoms with van der Waals surface area (Å²) in [5, 5.41) is 0. The highest BCUT2D eigenvalue weighted by molar-refractivity contribution is 7.91. The van der Waals surface area contributed by atoms with Gasteiger partial charge in [-0.05, 0) is 43.2 Å². The van der Waals surface area contributed by atoms with E-state index < -0.39 is 10.0 Å². The molecule has 6 heteroatoms. The van der Waals surface area contributed by atoms with E-state index in [9.17, 15) is 8.42 Å². The normalized spacial score (nSPS) is 20.4. The van der Waals surface area contributed by atoms with E-state index in [2.05, 4.69) is 13.8 Å². The topological polar surface area (TPSA) is 37.4 Å². The Morgan fingerprint density at radius 3 is 2.45 bits per heavy atom. The van der Waals surface area contributed by atoms with Crippen molar-refractivity contribution in [1.82, 2.24) is 4.31 Å². The fourth-order valence-electron chi connectivity index (χ4n) is 2.65. The van der Waals surface area contributed by atoms with Crippen molar-refractivity contribution in [3.05, 3.63) is 17.0 Å². The number of thiophene rings is 1. The monoisotopic (exact) mass is 335 g/mol. The predicted octanol–water partition coefficient (Wildman–Crippen LogP) is 4.08. The van der Waals surface area contributed by atoms with Gasteiger partial charge in [0.25, 0.3) is 10.0 Å². The lowest BCUT2D eigenvalue weighted by molar-refractivity contribution is 0.174. The van der Waals surface area contributed by atoms with Crippen molar-refractivity contribution in [1.29, 1.82) is 0 Å². The first-order valence-electron chi connectivity index (χ1n) is 6.89. The second-order valence-electron chi connectivity index (χ2n) is 6.27. The molecular formula is C14H22ClNO2S2. The van der Waals surface area contributed by atoms with Crippen molar-refractivity contribution in [3.8, 4) is 0 Å². The maximum absolute atomic E-state index is 12.6. The molecule has 0 atom stereocenters. The van der Waals surface area contributed by atoms with Crippen LogP contribution < -0.4 is 0 Å². The van der Waals surface area contributed by atoms with Crippen molar-refractivity contribution in [2.75, 3.05) is 7.05 Å². The van der Waals surface area contributed by atoms with Crippen molar-refractivity contribution in [2.45, 2.75) is 55.7 Å². The van der Waals surface area contributed by atoms with Crippen LogP contribution in [0.25, 0.3) is 0 Å². The van der Waals surface area contributed by atoms with Gasteiger partial charge < -0.3 is 0 Å². The van der Waals surface area contributed by atoms with E-state index in [0.29, 0.717) is 15.5 Å². The van der Waals surface area contributed by atoms with Gasteiger partial charge in [0.2, 0.25) is 0 Å². The van der Waals surface area contributed by atoms with Gasteiger partial charge in [0, 0.05) is 18.0 Å². The first kappa shape index (κ1) is 16.3. The van der Waals surface area contributed by atoms with Gasteiger partial charge >= 0.3 is 0 Å². The van der Waals surface area contributed by atoms with E-state index in [1.165, 1.54) is 11.3 Å². The first-order chi connectivity index (χ1) is 9.26. The van der Waals surface area contributed by atoms with Crippen LogP contribution in [0.1, 0.15) is 44.4 Å². The van der Waals surface area contributed by atoms with E-state index >= 15 is 0 Å². The zero-order chi connectivity index (χ0) is 15.0. The van der Waals surface area contributed by atoms with E-state index in [1.54, 1.807) is 23.5 Å². The lowest BCUT2D eigenvalue weighted by Crippen LogP contribution is -2.40. The first-order valence-corrected chi connectivity index (χ1v) is 9.68. The van der Waals surface area contributed by atoms with Crippen molar-refractivity contribution in [2.24, 2.45) is 5.41 Å². The van der Waals surface area contributed by atoms with Crippen LogP contribution in [0.15, 0.2) is 16.3 Å². The third-order valence-corrected chi connectivity index (χ3v) is 8.13. The van der Waals surface area contributed by atoms with Crippen LogP contribution in [0.4, 0.5) is 0 Å². The summed E-state index contributed by atoms with van der Waals surface area (Å²) in [6, 6.07) is 3.58. The Hall–Kier alpha value is -0.100. The van der Waals surface area contributed by atoms with E-state index in [-0.39, 0.29) is 6.04 Å². The SMILES string of the molecule is CN(C1CCC(C)(C)CC1)S(=O)(=O)c1ccc(CCl)s1. The van der Waals surface area contributed by atoms with E-state index in [4.69, 9.17) is 11.6 Å². The number of alkyl halides is 1. The molecule has 1 heterocycles. The summed E-state index contributed by atoms with van der Waals surface area (Å²) in [5.74, 6) is 0.363. The highest BCUT2D eigenvalue weighted by Gasteiger charge is 2.34. The number of sulfonamides is 1. The highest BCUT2D eigenvalue weighted by atomic mass is 35.5. The van der Waals surface area contributed by atoms with E-state index in [0.717, 1.165) is 30.6 Å². The molecule has 1 aromatic heterocycles. The van der Waals surface area contributed by atoms with Crippen molar-refractivity contribution >= 4 is 33.0 Å². The second kappa shape index (κ2) is 5.95. The van der Waals surface area contributed by atoms with Crippen LogP contribution in [0.3, 0.4) is 0 Å². The third-order valence-electron chi connectivity index (χ3n) is 4.22. The second-order valence-corrected chi connectivity index (χ2v) is 9.93. The molecule has 0 N–H and O–H groups in total. The molecule has 0 aromatic carbocycles. The zero-order valence-electron chi connectivity index (χ0n) is 12.2. The molecule has 2 rings (SSSR count). The summed E-state index contributed by atoms with van der Waals surface area (Å²) in [7, 11) is -1.67. The lowest BCUT2D eigenvalue weighted by Gasteiger charge is -2.37. The zero-order valence-corrected chi connectivity index (χ0v) is 14.6. The molecule has 0 saturated heterocycles. The molecule has 1 saturated carbocycles. The third kappa shape index (κ3) is 3.38. The molecule has 0 amide bonds. The molecule has 1 aliphatic carbocycles. The van der Waals surface area contributed by atoms with Gasteiger partial charge in [0.1, 0.15) is 4.21 Å². The molecule has 0 aliphatic heterocycles. The van der Waals surface area contributed by atoms with Crippen LogP contribution >= 0.6 is 22.9 Å². The van der Waals surface area contributed by atoms with Crippen LogP contribution in [0, 0.1) is 5.41 Å². The van der Waals surface area contributed by atoms with Crippen LogP contribution in [-0.2, 0) is 15.9 Å². The van der Waals surface area contributed by atoms with Gasteiger partial charge in [-0.2, -0.15) is 4.31 Å². The lowest BCUT2D eigenvalue weighted by atomic mass is 9.76. The Morgan fingerprint density at radius 2 is 1.95 bits per heavy atom. The molecule has 114 valence electrons. The van der Waals surface area contributed by atoms with Gasteiger partial charge in [-0.3, -0.25) is 0 Å². The summed E-state index contributed by atoms with van der Waals surface area (Å²) in [5.41, 5.74) is 0.343. The summed E-state index contributed by atoms with van der Waals surface area (Å²) < 4.78 is 27.2. The molecule has 0 bridgehead atoms. The molecule has 20 heavy (non-hydrogen) atoms. The Labute approximate surface area is 131 Å². The minimum Gasteiger partial charge on any atom is -0.206 e. The largest absolute Gasteiger partial charge is 0.252 e. The quantitative estimate of drug-likeness (QED) is 0.777. The number of nitrogens with zero attached hydrogens (tertiary/aromatic N) is 1. The fourth-order valence-corrected chi connectivity index (χ4v) is 5.71. The number of hydrogen-bond acceptors (Lipinski definition) is 3. The van der Waals surface area contributed by atoms with Gasteiger partial charge in [-0.1, -0.05) is 13.8 Å². The Balaban J connectivity index is 2.13. The predicted molar refractivity (Wildman–Crippen MR) is 84.9 cm³/mol. The fraction of sp³-hybridized carbons (Fsp3) is 0.714. The van der Waals surface area contributed by atoms with Gasteiger partial charge in [-0.25, -0.2) is 8.42 Å². The molecular weight excluding hydrogens is 314 g/mol. The van der Waals surface area contributed by atoms with Crippen molar-refractivity contribution < 1.29 is 8.42 Å². The van der Waals surface area contributed by atoms with Gasteiger partial charge in [0.05, 0.1) is 5.88 Å². The Morgan fingerprint density at radius 1 is 1.35 bits per heavy atom. The summed E-state index contributed by atoms with van der Waals surface area (Å²) in [6.07, 6.45) is 4.04. The average molecular weight is 336 g/mol. The molecule has 1 aromatic rings. The highest BCUT2D eigenvalue weighted by Crippen LogP contribution is 2.38. The maximum atomic E-state index is 12.6. The van der Waals surface area contributed by atoms with Gasteiger partial charge in [-0.15, -0.1) is 22.9 Å². The molecule has 0 unspecified atom stereocenters. The summed E-state index contributed by atoms with van der Waals surface area (Å²) in [6.45, 7) is 4.51. The standard InChI is InChI=1S/C14H22ClNO2S2/c1-14(2)8-6-11(7-9-14)16(3)20(17,18)13-5-4-12(10-15)19-13/h4-5,11H,6-10H2,1-3H3. The average Bonchev–Trinajstić information content (AvgIpc) is 2.87. The van der Waals surface area contributed by atoms with E-state index in [1.807, 2.05) is 0 Å². The Kier molecular flexibility index (Phi) is 4.84. The smallest absolute Gasteiger partial charge is 0.206 e. The number of halogens is 1. The van der Waals surface area contributed by atoms with Crippen LogP contribution in [-0.4, -0.2) is 25.8 Å². The minimum atomic E-state index is -3.37. The van der Waals surface area contributed by atoms with Crippen LogP contribution in [0.2, 0.25) is 0 Å². The Bertz CT molecular complexity index is 555. The van der Waals surface area contributed by atoms with Crippen LogP contribution in [0.5, 0.6) is 0 Å². The maximum Gasteiger partial charge on any atom is 0.252 e. The molecule has 3 nitrogen and oxygen atoms in total. The van der Waals surface area contributed by atoms with Crippen molar-refractivity contribution in [3.63, 3.8) is 0 Å². The van der Waals surface area contributed by atoms with Gasteiger partial charge in [0.15, 0.2) is 0 Å². The number of rotatable bonds is 4.